The Labute approximate surface area is 119 Å². The SMILES string of the molecule is CONc1nc(N)nc2c1ncn2[C@@H]1C[C@H](O)[C@@H](CO)O1. The molecule has 21 heavy (non-hydrogen) atoms. The Morgan fingerprint density at radius 2 is 2.38 bits per heavy atom. The van der Waals surface area contributed by atoms with E-state index in [2.05, 4.69) is 20.4 Å². The summed E-state index contributed by atoms with van der Waals surface area (Å²) in [7, 11) is 1.45. The van der Waals surface area contributed by atoms with Crippen molar-refractivity contribution in [1.82, 2.24) is 19.5 Å². The number of aromatic nitrogens is 4. The second kappa shape index (κ2) is 5.41. The summed E-state index contributed by atoms with van der Waals surface area (Å²) < 4.78 is 7.23. The zero-order valence-electron chi connectivity index (χ0n) is 11.3. The van der Waals surface area contributed by atoms with Gasteiger partial charge in [-0.3, -0.25) is 9.40 Å². The number of fused-ring (bicyclic) bond motifs is 1. The van der Waals surface area contributed by atoms with Crippen LogP contribution in [0, 0.1) is 0 Å². The van der Waals surface area contributed by atoms with Crippen LogP contribution in [-0.4, -0.2) is 55.7 Å². The van der Waals surface area contributed by atoms with Gasteiger partial charge in [0.1, 0.15) is 12.3 Å². The van der Waals surface area contributed by atoms with Crippen LogP contribution in [-0.2, 0) is 9.57 Å². The van der Waals surface area contributed by atoms with Crippen LogP contribution in [0.25, 0.3) is 11.2 Å². The van der Waals surface area contributed by atoms with Crippen LogP contribution in [0.3, 0.4) is 0 Å². The lowest BCUT2D eigenvalue weighted by Gasteiger charge is -2.13. The number of aliphatic hydroxyl groups is 2. The predicted octanol–water partition coefficient (Wildman–Crippen LogP) is -0.978. The van der Waals surface area contributed by atoms with Crippen molar-refractivity contribution in [1.29, 1.82) is 0 Å². The number of aliphatic hydroxyl groups excluding tert-OH is 2. The molecule has 3 rings (SSSR count). The molecule has 0 bridgehead atoms. The van der Waals surface area contributed by atoms with Gasteiger partial charge in [0, 0.05) is 6.42 Å². The molecule has 3 atom stereocenters. The first-order chi connectivity index (χ1) is 10.1. The van der Waals surface area contributed by atoms with E-state index < -0.39 is 18.4 Å². The monoisotopic (exact) mass is 296 g/mol. The van der Waals surface area contributed by atoms with Gasteiger partial charge >= 0.3 is 0 Å². The number of rotatable bonds is 4. The third-order valence-corrected chi connectivity index (χ3v) is 3.33. The highest BCUT2D eigenvalue weighted by Crippen LogP contribution is 2.31. The Balaban J connectivity index is 2.01. The molecule has 0 amide bonds. The number of hydrogen-bond acceptors (Lipinski definition) is 9. The molecule has 0 aliphatic carbocycles. The molecule has 0 radical (unpaired) electrons. The van der Waals surface area contributed by atoms with Crippen LogP contribution in [0.4, 0.5) is 11.8 Å². The van der Waals surface area contributed by atoms with E-state index in [4.69, 9.17) is 20.4 Å². The Morgan fingerprint density at radius 1 is 1.57 bits per heavy atom. The van der Waals surface area contributed by atoms with E-state index in [1.807, 2.05) is 0 Å². The van der Waals surface area contributed by atoms with Crippen molar-refractivity contribution in [3.63, 3.8) is 0 Å². The fourth-order valence-electron chi connectivity index (χ4n) is 2.36. The van der Waals surface area contributed by atoms with E-state index in [9.17, 15) is 5.11 Å². The van der Waals surface area contributed by atoms with E-state index in [0.29, 0.717) is 23.4 Å². The fourth-order valence-corrected chi connectivity index (χ4v) is 2.36. The van der Waals surface area contributed by atoms with Crippen molar-refractivity contribution in [2.75, 3.05) is 24.9 Å². The van der Waals surface area contributed by atoms with Crippen molar-refractivity contribution in [3.8, 4) is 0 Å². The number of nitrogens with two attached hydrogens (primary N) is 1. The molecule has 0 spiro atoms. The number of nitrogens with zero attached hydrogens (tertiary/aromatic N) is 4. The summed E-state index contributed by atoms with van der Waals surface area (Å²) in [6.07, 6.45) is 0.00738. The average Bonchev–Trinajstić information content (AvgIpc) is 3.02. The van der Waals surface area contributed by atoms with Gasteiger partial charge in [-0.15, -0.1) is 0 Å². The smallest absolute Gasteiger partial charge is 0.224 e. The highest BCUT2D eigenvalue weighted by Gasteiger charge is 2.35. The normalized spacial score (nSPS) is 25.6. The Kier molecular flexibility index (Phi) is 3.59. The molecular weight excluding hydrogens is 280 g/mol. The molecule has 0 saturated carbocycles. The summed E-state index contributed by atoms with van der Waals surface area (Å²) in [5, 5.41) is 19.0. The largest absolute Gasteiger partial charge is 0.394 e. The lowest BCUT2D eigenvalue weighted by Crippen LogP contribution is -2.24. The second-order valence-corrected chi connectivity index (χ2v) is 4.68. The molecule has 3 heterocycles. The Bertz CT molecular complexity index is 647. The van der Waals surface area contributed by atoms with Crippen LogP contribution in [0.15, 0.2) is 6.33 Å². The van der Waals surface area contributed by atoms with Gasteiger partial charge in [0.25, 0.3) is 0 Å². The number of nitrogens with one attached hydrogen (secondary N) is 1. The quantitative estimate of drug-likeness (QED) is 0.524. The van der Waals surface area contributed by atoms with Crippen LogP contribution in [0.5, 0.6) is 0 Å². The van der Waals surface area contributed by atoms with Crippen molar-refractivity contribution in [2.24, 2.45) is 0 Å². The van der Waals surface area contributed by atoms with Gasteiger partial charge in [-0.1, -0.05) is 0 Å². The number of hydrogen-bond donors (Lipinski definition) is 4. The van der Waals surface area contributed by atoms with Crippen molar-refractivity contribution < 1.29 is 19.8 Å². The molecule has 10 heteroatoms. The van der Waals surface area contributed by atoms with Crippen LogP contribution >= 0.6 is 0 Å². The number of ether oxygens (including phenoxy) is 1. The van der Waals surface area contributed by atoms with Gasteiger partial charge < -0.3 is 20.7 Å². The minimum Gasteiger partial charge on any atom is -0.394 e. The number of imidazole rings is 1. The van der Waals surface area contributed by atoms with Crippen molar-refractivity contribution >= 4 is 22.9 Å². The maximum Gasteiger partial charge on any atom is 0.224 e. The lowest BCUT2D eigenvalue weighted by atomic mass is 10.2. The maximum absolute atomic E-state index is 9.82. The molecule has 0 aromatic carbocycles. The van der Waals surface area contributed by atoms with Crippen molar-refractivity contribution in [2.45, 2.75) is 24.9 Å². The van der Waals surface area contributed by atoms with Gasteiger partial charge in [0.15, 0.2) is 17.0 Å². The zero-order valence-corrected chi connectivity index (χ0v) is 11.3. The van der Waals surface area contributed by atoms with E-state index in [1.165, 1.54) is 13.4 Å². The predicted molar refractivity (Wildman–Crippen MR) is 72.0 cm³/mol. The van der Waals surface area contributed by atoms with Gasteiger partial charge in [-0.25, -0.2) is 10.5 Å². The topological polar surface area (TPSA) is 141 Å². The molecule has 1 saturated heterocycles. The summed E-state index contributed by atoms with van der Waals surface area (Å²) in [6.45, 7) is -0.252. The second-order valence-electron chi connectivity index (χ2n) is 4.68. The van der Waals surface area contributed by atoms with E-state index >= 15 is 0 Å². The van der Waals surface area contributed by atoms with Crippen LogP contribution < -0.4 is 11.2 Å². The Morgan fingerprint density at radius 3 is 3.05 bits per heavy atom. The Hall–Kier alpha value is -2.01. The first kappa shape index (κ1) is 13.9. The summed E-state index contributed by atoms with van der Waals surface area (Å²) in [4.78, 5) is 17.2. The van der Waals surface area contributed by atoms with E-state index in [1.54, 1.807) is 4.57 Å². The molecule has 2 aromatic heterocycles. The zero-order chi connectivity index (χ0) is 15.0. The minimum absolute atomic E-state index is 0.0565. The molecule has 2 aromatic rings. The van der Waals surface area contributed by atoms with Crippen LogP contribution in [0.2, 0.25) is 0 Å². The first-order valence-electron chi connectivity index (χ1n) is 6.37. The van der Waals surface area contributed by atoms with Crippen molar-refractivity contribution in [3.05, 3.63) is 6.33 Å². The molecular formula is C11H16N6O4. The molecule has 0 unspecified atom stereocenters. The standard InChI is InChI=1S/C11H16N6O4/c1-20-16-9-8-10(15-11(12)14-9)17(4-13-8)7-2-5(19)6(3-18)21-7/h4-7,18-19H,2-3H2,1H3,(H3,12,14,15,16)/t5-,6+,7-/m0/s1. The fraction of sp³-hybridized carbons (Fsp3) is 0.545. The van der Waals surface area contributed by atoms with Crippen LogP contribution in [0.1, 0.15) is 12.6 Å². The number of anilines is 2. The minimum atomic E-state index is -0.742. The van der Waals surface area contributed by atoms with E-state index in [0.717, 1.165) is 0 Å². The maximum atomic E-state index is 9.82. The molecule has 1 fully saturated rings. The summed E-state index contributed by atoms with van der Waals surface area (Å²) in [5.41, 5.74) is 9.19. The lowest BCUT2D eigenvalue weighted by molar-refractivity contribution is -0.0432. The van der Waals surface area contributed by atoms with Gasteiger partial charge in [0.2, 0.25) is 5.95 Å². The van der Waals surface area contributed by atoms with Gasteiger partial charge in [-0.05, 0) is 0 Å². The summed E-state index contributed by atoms with van der Waals surface area (Å²) in [6, 6.07) is 0. The average molecular weight is 296 g/mol. The summed E-state index contributed by atoms with van der Waals surface area (Å²) >= 11 is 0. The molecule has 5 N–H and O–H groups in total. The third-order valence-electron chi connectivity index (χ3n) is 3.33. The highest BCUT2D eigenvalue weighted by atomic mass is 16.6. The highest BCUT2D eigenvalue weighted by molar-refractivity contribution is 5.83. The third kappa shape index (κ3) is 2.38. The molecule has 114 valence electrons. The molecule has 1 aliphatic rings. The van der Waals surface area contributed by atoms with Gasteiger partial charge in [-0.2, -0.15) is 9.97 Å². The molecule has 1 aliphatic heterocycles. The summed E-state index contributed by atoms with van der Waals surface area (Å²) in [5.74, 6) is 0.400. The van der Waals surface area contributed by atoms with Gasteiger partial charge in [0.05, 0.1) is 26.1 Å². The molecule has 10 nitrogen and oxygen atoms in total. The van der Waals surface area contributed by atoms with E-state index in [-0.39, 0.29) is 12.6 Å². The number of nitrogen functional groups attached to an aromatic ring is 1. The first-order valence-corrected chi connectivity index (χ1v) is 6.37.